The number of hydrogen-bond acceptors (Lipinski definition) is 4. The summed E-state index contributed by atoms with van der Waals surface area (Å²) in [6.45, 7) is 6.93. The van der Waals surface area contributed by atoms with Crippen molar-refractivity contribution in [2.24, 2.45) is 0 Å². The molecule has 2 heterocycles. The fraction of sp³-hybridized carbons (Fsp3) is 0.263. The normalized spacial score (nSPS) is 15.9. The van der Waals surface area contributed by atoms with Crippen LogP contribution in [0.2, 0.25) is 0 Å². The van der Waals surface area contributed by atoms with E-state index >= 15 is 0 Å². The largest absolute Gasteiger partial charge is 0.362 e. The van der Waals surface area contributed by atoms with Gasteiger partial charge >= 0.3 is 0 Å². The van der Waals surface area contributed by atoms with Gasteiger partial charge in [0.1, 0.15) is 0 Å². The molecule has 124 valence electrons. The van der Waals surface area contributed by atoms with Crippen LogP contribution in [0.25, 0.3) is 10.1 Å². The standard InChI is InChI=1S/C19H18BrNO2S/c1-9-17(11(3)22)19(18(12(4)23)10(2)21-9)15-8-24-16-6-5-13(20)7-14(15)16/h5-8,19,21H,1-4H3. The Morgan fingerprint density at radius 3 is 2.21 bits per heavy atom. The Labute approximate surface area is 153 Å². The number of halogens is 1. The topological polar surface area (TPSA) is 46.2 Å². The smallest absolute Gasteiger partial charge is 0.158 e. The molecule has 24 heavy (non-hydrogen) atoms. The lowest BCUT2D eigenvalue weighted by atomic mass is 9.77. The van der Waals surface area contributed by atoms with Crippen LogP contribution in [0.15, 0.2) is 50.6 Å². The minimum absolute atomic E-state index is 0.00871. The van der Waals surface area contributed by atoms with Crippen LogP contribution in [0.4, 0.5) is 0 Å². The van der Waals surface area contributed by atoms with E-state index in [1.54, 1.807) is 25.2 Å². The molecule has 3 nitrogen and oxygen atoms in total. The van der Waals surface area contributed by atoms with Crippen molar-refractivity contribution in [2.45, 2.75) is 33.6 Å². The summed E-state index contributed by atoms with van der Waals surface area (Å²) in [5.74, 6) is -0.333. The molecule has 0 saturated heterocycles. The first-order chi connectivity index (χ1) is 11.3. The minimum atomic E-state index is -0.315. The number of fused-ring (bicyclic) bond motifs is 1. The van der Waals surface area contributed by atoms with Crippen LogP contribution in [-0.2, 0) is 9.59 Å². The fourth-order valence-corrected chi connectivity index (χ4v) is 4.81. The first-order valence-electron chi connectivity index (χ1n) is 7.68. The molecule has 0 fully saturated rings. The first kappa shape index (κ1) is 17.1. The lowest BCUT2D eigenvalue weighted by molar-refractivity contribution is -0.114. The Morgan fingerprint density at radius 1 is 1.08 bits per heavy atom. The number of hydrogen-bond donors (Lipinski definition) is 1. The monoisotopic (exact) mass is 403 g/mol. The SMILES string of the molecule is CC(=O)C1=C(C)NC(C)=C(C(C)=O)C1c1csc2ccc(Br)cc12. The van der Waals surface area contributed by atoms with E-state index < -0.39 is 0 Å². The van der Waals surface area contributed by atoms with Crippen LogP contribution >= 0.6 is 27.3 Å². The second-order valence-corrected chi connectivity index (χ2v) is 7.91. The molecule has 1 aliphatic heterocycles. The fourth-order valence-electron chi connectivity index (χ4n) is 3.48. The number of carbonyl (C=O) groups is 2. The number of rotatable bonds is 3. The molecule has 0 aliphatic carbocycles. The van der Waals surface area contributed by atoms with E-state index in [9.17, 15) is 9.59 Å². The molecular weight excluding hydrogens is 386 g/mol. The molecule has 0 bridgehead atoms. The molecule has 0 unspecified atom stereocenters. The van der Waals surface area contributed by atoms with E-state index in [4.69, 9.17) is 0 Å². The third-order valence-corrected chi connectivity index (χ3v) is 5.87. The van der Waals surface area contributed by atoms with Crippen LogP contribution in [0, 0.1) is 0 Å². The van der Waals surface area contributed by atoms with Gasteiger partial charge in [0.05, 0.1) is 0 Å². The lowest BCUT2D eigenvalue weighted by Crippen LogP contribution is -2.29. The van der Waals surface area contributed by atoms with Crippen molar-refractivity contribution < 1.29 is 9.59 Å². The summed E-state index contributed by atoms with van der Waals surface area (Å²) in [5, 5.41) is 6.36. The van der Waals surface area contributed by atoms with E-state index in [-0.39, 0.29) is 17.5 Å². The molecule has 5 heteroatoms. The van der Waals surface area contributed by atoms with Gasteiger partial charge in [-0.2, -0.15) is 0 Å². The van der Waals surface area contributed by atoms with E-state index in [2.05, 4.69) is 38.8 Å². The predicted octanol–water partition coefficient (Wildman–Crippen LogP) is 5.08. The van der Waals surface area contributed by atoms with E-state index in [0.29, 0.717) is 11.1 Å². The Bertz CT molecular complexity index is 900. The number of thiophene rings is 1. The Balaban J connectivity index is 2.33. The summed E-state index contributed by atoms with van der Waals surface area (Å²) in [7, 11) is 0. The minimum Gasteiger partial charge on any atom is -0.362 e. The zero-order chi connectivity index (χ0) is 17.6. The molecule has 1 aromatic heterocycles. The van der Waals surface area contributed by atoms with Gasteiger partial charge in [-0.3, -0.25) is 9.59 Å². The molecule has 0 saturated carbocycles. The maximum absolute atomic E-state index is 12.4. The third-order valence-electron chi connectivity index (χ3n) is 4.40. The van der Waals surface area contributed by atoms with E-state index in [1.807, 2.05) is 19.9 Å². The number of Topliss-reactive ketones (excluding diaryl/α,β-unsaturated/α-hetero) is 2. The van der Waals surface area contributed by atoms with E-state index in [1.165, 1.54) is 0 Å². The number of allylic oxidation sites excluding steroid dienone is 4. The number of ketones is 2. The van der Waals surface area contributed by atoms with Gasteiger partial charge in [0.2, 0.25) is 0 Å². The highest BCUT2D eigenvalue weighted by atomic mass is 79.9. The first-order valence-corrected chi connectivity index (χ1v) is 9.35. The van der Waals surface area contributed by atoms with Gasteiger partial charge in [-0.05, 0) is 62.2 Å². The van der Waals surface area contributed by atoms with Gasteiger partial charge in [0, 0.05) is 37.6 Å². The van der Waals surface area contributed by atoms with E-state index in [0.717, 1.165) is 31.5 Å². The zero-order valence-electron chi connectivity index (χ0n) is 14.0. The molecule has 2 aromatic rings. The lowest BCUT2D eigenvalue weighted by Gasteiger charge is -2.30. The molecule has 3 rings (SSSR count). The van der Waals surface area contributed by atoms with Gasteiger partial charge < -0.3 is 5.32 Å². The maximum Gasteiger partial charge on any atom is 0.158 e. The van der Waals surface area contributed by atoms with Crippen molar-refractivity contribution in [3.8, 4) is 0 Å². The Kier molecular flexibility index (Phi) is 4.49. The summed E-state index contributed by atoms with van der Waals surface area (Å²) in [5.41, 5.74) is 4.01. The highest BCUT2D eigenvalue weighted by Gasteiger charge is 2.34. The second-order valence-electron chi connectivity index (χ2n) is 6.08. The average Bonchev–Trinajstić information content (AvgIpc) is 2.87. The zero-order valence-corrected chi connectivity index (χ0v) is 16.4. The molecule has 0 spiro atoms. The number of carbonyl (C=O) groups excluding carboxylic acids is 2. The Hall–Kier alpha value is -1.72. The highest BCUT2D eigenvalue weighted by Crippen LogP contribution is 2.43. The number of benzene rings is 1. The molecule has 0 radical (unpaired) electrons. The van der Waals surface area contributed by atoms with Crippen LogP contribution in [0.1, 0.15) is 39.2 Å². The number of nitrogens with one attached hydrogen (secondary N) is 1. The molecule has 1 aromatic carbocycles. The van der Waals surface area contributed by atoms with Gasteiger partial charge in [-0.1, -0.05) is 15.9 Å². The van der Waals surface area contributed by atoms with Gasteiger partial charge in [0.25, 0.3) is 0 Å². The molecule has 1 N–H and O–H groups in total. The number of dihydropyridines is 1. The van der Waals surface area contributed by atoms with Crippen LogP contribution < -0.4 is 5.32 Å². The maximum atomic E-state index is 12.4. The van der Waals surface area contributed by atoms with Crippen molar-refractivity contribution in [2.75, 3.05) is 0 Å². The van der Waals surface area contributed by atoms with Crippen LogP contribution in [-0.4, -0.2) is 11.6 Å². The average molecular weight is 404 g/mol. The van der Waals surface area contributed by atoms with Crippen molar-refractivity contribution in [1.82, 2.24) is 5.32 Å². The summed E-state index contributed by atoms with van der Waals surface area (Å²) in [6, 6.07) is 6.12. The van der Waals surface area contributed by atoms with Gasteiger partial charge in [-0.25, -0.2) is 0 Å². The summed E-state index contributed by atoms with van der Waals surface area (Å²) in [4.78, 5) is 24.7. The quantitative estimate of drug-likeness (QED) is 0.777. The van der Waals surface area contributed by atoms with Crippen molar-refractivity contribution in [1.29, 1.82) is 0 Å². The van der Waals surface area contributed by atoms with Crippen molar-refractivity contribution in [3.05, 3.63) is 56.2 Å². The summed E-state index contributed by atoms with van der Waals surface area (Å²) in [6.07, 6.45) is 0. The Morgan fingerprint density at radius 2 is 1.67 bits per heavy atom. The predicted molar refractivity (Wildman–Crippen MR) is 102 cm³/mol. The second kappa shape index (κ2) is 6.30. The van der Waals surface area contributed by atoms with Gasteiger partial charge in [0.15, 0.2) is 11.6 Å². The molecule has 1 aliphatic rings. The summed E-state index contributed by atoms with van der Waals surface area (Å²) < 4.78 is 2.13. The van der Waals surface area contributed by atoms with Crippen LogP contribution in [0.5, 0.6) is 0 Å². The summed E-state index contributed by atoms with van der Waals surface area (Å²) >= 11 is 5.16. The van der Waals surface area contributed by atoms with Crippen molar-refractivity contribution >= 4 is 48.9 Å². The van der Waals surface area contributed by atoms with Crippen LogP contribution in [0.3, 0.4) is 0 Å². The van der Waals surface area contributed by atoms with Gasteiger partial charge in [-0.15, -0.1) is 11.3 Å². The molecule has 0 amide bonds. The molecular formula is C19H18BrNO2S. The molecule has 0 atom stereocenters. The highest BCUT2D eigenvalue weighted by molar-refractivity contribution is 9.10. The van der Waals surface area contributed by atoms with Crippen molar-refractivity contribution in [3.63, 3.8) is 0 Å². The third kappa shape index (κ3) is 2.76.